The summed E-state index contributed by atoms with van der Waals surface area (Å²) in [4.78, 5) is 0. The molecule has 0 saturated heterocycles. The van der Waals surface area contributed by atoms with Gasteiger partial charge in [-0.25, -0.2) is 8.78 Å². The normalized spacial score (nSPS) is 12.6. The summed E-state index contributed by atoms with van der Waals surface area (Å²) in [5, 5.41) is 13.2. The smallest absolute Gasteiger partial charge is 0.159 e. The van der Waals surface area contributed by atoms with Gasteiger partial charge in [0.15, 0.2) is 11.6 Å². The molecule has 4 nitrogen and oxygen atoms in total. The Kier molecular flexibility index (Phi) is 3.43. The van der Waals surface area contributed by atoms with Gasteiger partial charge in [-0.05, 0) is 31.2 Å². The van der Waals surface area contributed by atoms with Gasteiger partial charge in [0.05, 0.1) is 17.9 Å². The quantitative estimate of drug-likeness (QED) is 0.850. The van der Waals surface area contributed by atoms with Gasteiger partial charge in [0, 0.05) is 0 Å². The van der Waals surface area contributed by atoms with Crippen molar-refractivity contribution < 1.29 is 8.78 Å². The van der Waals surface area contributed by atoms with Crippen molar-refractivity contribution in [2.45, 2.75) is 12.5 Å². The summed E-state index contributed by atoms with van der Waals surface area (Å²) < 4.78 is 25.8. The molecule has 2 N–H and O–H groups in total. The Morgan fingerprint density at radius 2 is 2.18 bits per heavy atom. The lowest BCUT2D eigenvalue weighted by molar-refractivity contribution is 0.504. The molecule has 0 saturated carbocycles. The molecule has 0 aliphatic carbocycles. The fraction of sp³-hybridized carbons (Fsp3) is 0.273. The third-order valence-corrected chi connectivity index (χ3v) is 2.56. The van der Waals surface area contributed by atoms with E-state index in [0.717, 1.165) is 11.8 Å². The first-order valence-corrected chi connectivity index (χ1v) is 5.17. The highest BCUT2D eigenvalue weighted by molar-refractivity contribution is 5.20. The van der Waals surface area contributed by atoms with E-state index < -0.39 is 11.6 Å². The van der Waals surface area contributed by atoms with Gasteiger partial charge >= 0.3 is 0 Å². The van der Waals surface area contributed by atoms with E-state index in [1.165, 1.54) is 6.07 Å². The van der Waals surface area contributed by atoms with E-state index in [2.05, 4.69) is 20.7 Å². The van der Waals surface area contributed by atoms with Crippen LogP contribution in [0.4, 0.5) is 8.78 Å². The third kappa shape index (κ3) is 2.65. The molecular weight excluding hydrogens is 226 g/mol. The molecule has 17 heavy (non-hydrogen) atoms. The first-order chi connectivity index (χ1) is 8.20. The van der Waals surface area contributed by atoms with Crippen LogP contribution in [0.2, 0.25) is 0 Å². The summed E-state index contributed by atoms with van der Waals surface area (Å²) in [6.07, 6.45) is 2.11. The molecule has 0 fully saturated rings. The first-order valence-electron chi connectivity index (χ1n) is 5.17. The van der Waals surface area contributed by atoms with E-state index in [0.29, 0.717) is 12.0 Å². The van der Waals surface area contributed by atoms with Gasteiger partial charge in [-0.15, -0.1) is 0 Å². The summed E-state index contributed by atoms with van der Waals surface area (Å²) in [6, 6.07) is 3.79. The van der Waals surface area contributed by atoms with E-state index >= 15 is 0 Å². The number of hydrogen-bond donors (Lipinski definition) is 2. The zero-order valence-electron chi connectivity index (χ0n) is 9.24. The molecule has 2 rings (SSSR count). The van der Waals surface area contributed by atoms with Gasteiger partial charge in [-0.2, -0.15) is 15.4 Å². The highest BCUT2D eigenvalue weighted by atomic mass is 19.2. The highest BCUT2D eigenvalue weighted by Gasteiger charge is 2.13. The molecule has 90 valence electrons. The van der Waals surface area contributed by atoms with E-state index in [4.69, 9.17) is 0 Å². The number of H-pyrrole nitrogens is 1. The van der Waals surface area contributed by atoms with Crippen molar-refractivity contribution in [1.82, 2.24) is 20.7 Å². The van der Waals surface area contributed by atoms with Crippen LogP contribution < -0.4 is 5.32 Å². The minimum atomic E-state index is -0.837. The van der Waals surface area contributed by atoms with Gasteiger partial charge in [0.1, 0.15) is 0 Å². The maximum absolute atomic E-state index is 13.0. The number of aromatic amines is 1. The van der Waals surface area contributed by atoms with E-state index in [9.17, 15) is 8.78 Å². The zero-order valence-corrected chi connectivity index (χ0v) is 9.24. The number of nitrogens with zero attached hydrogens (tertiary/aromatic N) is 2. The maximum atomic E-state index is 13.0. The molecule has 2 aromatic rings. The molecule has 1 heterocycles. The maximum Gasteiger partial charge on any atom is 0.159 e. The number of likely N-dealkylation sites (N-methyl/N-ethyl adjacent to an activating group) is 1. The first kappa shape index (κ1) is 11.7. The van der Waals surface area contributed by atoms with Crippen LogP contribution in [0, 0.1) is 11.6 Å². The molecular formula is C11H12F2N4. The molecule has 0 aliphatic rings. The van der Waals surface area contributed by atoms with Crippen LogP contribution in [-0.2, 0) is 6.42 Å². The van der Waals surface area contributed by atoms with Crippen LogP contribution in [0.15, 0.2) is 24.4 Å². The molecule has 1 aromatic carbocycles. The lowest BCUT2D eigenvalue weighted by Crippen LogP contribution is -2.19. The number of halogens is 2. The van der Waals surface area contributed by atoms with Crippen LogP contribution >= 0.6 is 0 Å². The van der Waals surface area contributed by atoms with Crippen LogP contribution in [-0.4, -0.2) is 22.5 Å². The van der Waals surface area contributed by atoms with Crippen molar-refractivity contribution in [3.05, 3.63) is 47.3 Å². The molecule has 0 spiro atoms. The van der Waals surface area contributed by atoms with Gasteiger partial charge in [-0.3, -0.25) is 0 Å². The summed E-state index contributed by atoms with van der Waals surface area (Å²) in [6.45, 7) is 0. The van der Waals surface area contributed by atoms with E-state index in [1.807, 2.05) is 0 Å². The Bertz CT molecular complexity index is 484. The number of aromatic nitrogens is 3. The number of nitrogens with one attached hydrogen (secondary N) is 2. The van der Waals surface area contributed by atoms with Crippen molar-refractivity contribution in [1.29, 1.82) is 0 Å². The van der Waals surface area contributed by atoms with Crippen molar-refractivity contribution in [2.24, 2.45) is 0 Å². The lowest BCUT2D eigenvalue weighted by Gasteiger charge is -2.13. The van der Waals surface area contributed by atoms with Crippen molar-refractivity contribution in [3.63, 3.8) is 0 Å². The fourth-order valence-electron chi connectivity index (χ4n) is 1.64. The molecule has 0 bridgehead atoms. The zero-order chi connectivity index (χ0) is 12.3. The third-order valence-electron chi connectivity index (χ3n) is 2.56. The van der Waals surface area contributed by atoms with Crippen LogP contribution in [0.1, 0.15) is 17.3 Å². The Balaban J connectivity index is 2.16. The topological polar surface area (TPSA) is 53.6 Å². The lowest BCUT2D eigenvalue weighted by atomic mass is 10.0. The van der Waals surface area contributed by atoms with Gasteiger partial charge in [0.25, 0.3) is 0 Å². The molecule has 1 unspecified atom stereocenters. The molecule has 0 radical (unpaired) electrons. The average Bonchev–Trinajstić information content (AvgIpc) is 2.84. The minimum absolute atomic E-state index is 0.0846. The fourth-order valence-corrected chi connectivity index (χ4v) is 1.64. The second-order valence-electron chi connectivity index (χ2n) is 3.69. The Morgan fingerprint density at radius 1 is 1.35 bits per heavy atom. The van der Waals surface area contributed by atoms with Crippen LogP contribution in [0.25, 0.3) is 0 Å². The van der Waals surface area contributed by atoms with E-state index in [-0.39, 0.29) is 6.04 Å². The molecule has 0 aliphatic heterocycles. The number of benzene rings is 1. The molecule has 0 amide bonds. The summed E-state index contributed by atoms with van der Waals surface area (Å²) >= 11 is 0. The standard InChI is InChI=1S/C11H12F2N4/c1-14-10(11-6-15-17-16-11)5-7-2-3-8(12)9(13)4-7/h2-4,6,10,14H,5H2,1H3,(H,15,16,17). The largest absolute Gasteiger partial charge is 0.311 e. The number of hydrogen-bond acceptors (Lipinski definition) is 3. The van der Waals surface area contributed by atoms with Crippen molar-refractivity contribution in [2.75, 3.05) is 7.05 Å². The second kappa shape index (κ2) is 5.01. The predicted octanol–water partition coefficient (Wildman–Crippen LogP) is 1.59. The summed E-state index contributed by atoms with van der Waals surface area (Å²) in [7, 11) is 1.78. The Hall–Kier alpha value is -1.82. The van der Waals surface area contributed by atoms with Crippen molar-refractivity contribution >= 4 is 0 Å². The second-order valence-corrected chi connectivity index (χ2v) is 3.69. The van der Waals surface area contributed by atoms with Gasteiger partial charge < -0.3 is 5.32 Å². The Morgan fingerprint density at radius 3 is 2.76 bits per heavy atom. The molecule has 6 heteroatoms. The summed E-state index contributed by atoms with van der Waals surface area (Å²) in [5.74, 6) is -1.67. The molecule has 1 aromatic heterocycles. The van der Waals surface area contributed by atoms with Crippen LogP contribution in [0.3, 0.4) is 0 Å². The predicted molar refractivity (Wildman–Crippen MR) is 58.2 cm³/mol. The average molecular weight is 238 g/mol. The summed E-state index contributed by atoms with van der Waals surface area (Å²) in [5.41, 5.74) is 1.43. The highest BCUT2D eigenvalue weighted by Crippen LogP contribution is 2.17. The Labute approximate surface area is 97.0 Å². The SMILES string of the molecule is CNC(Cc1ccc(F)c(F)c1)c1cn[nH]n1. The van der Waals surface area contributed by atoms with Gasteiger partial charge in [0.2, 0.25) is 0 Å². The van der Waals surface area contributed by atoms with Gasteiger partial charge in [-0.1, -0.05) is 6.07 Å². The number of rotatable bonds is 4. The minimum Gasteiger partial charge on any atom is -0.311 e. The van der Waals surface area contributed by atoms with E-state index in [1.54, 1.807) is 19.3 Å². The molecule has 1 atom stereocenters. The monoisotopic (exact) mass is 238 g/mol. The van der Waals surface area contributed by atoms with Crippen molar-refractivity contribution in [3.8, 4) is 0 Å². The van der Waals surface area contributed by atoms with Crippen LogP contribution in [0.5, 0.6) is 0 Å².